The second kappa shape index (κ2) is 6.13. The van der Waals surface area contributed by atoms with E-state index in [0.717, 1.165) is 38.0 Å². The Hall–Kier alpha value is -1.80. The molecule has 0 amide bonds. The van der Waals surface area contributed by atoms with Crippen LogP contribution in [-0.2, 0) is 12.8 Å². The van der Waals surface area contributed by atoms with Crippen molar-refractivity contribution in [3.8, 4) is 16.9 Å². The average molecular weight is 295 g/mol. The van der Waals surface area contributed by atoms with Crippen LogP contribution in [-0.4, -0.2) is 12.1 Å². The van der Waals surface area contributed by atoms with Gasteiger partial charge in [-0.25, -0.2) is 0 Å². The molecule has 2 heteroatoms. The zero-order valence-corrected chi connectivity index (χ0v) is 13.6. The first-order chi connectivity index (χ1) is 10.6. The molecule has 0 fully saturated rings. The highest BCUT2D eigenvalue weighted by Crippen LogP contribution is 2.30. The first kappa shape index (κ1) is 15.1. The van der Waals surface area contributed by atoms with Gasteiger partial charge in [0.05, 0.1) is 6.61 Å². The van der Waals surface area contributed by atoms with Crippen molar-refractivity contribution in [2.45, 2.75) is 45.1 Å². The number of rotatable bonds is 5. The molecule has 3 rings (SSSR count). The van der Waals surface area contributed by atoms with E-state index in [9.17, 15) is 0 Å². The fraction of sp³-hybridized carbons (Fsp3) is 0.400. The molecular formula is C20H25NO. The third-order valence-electron chi connectivity index (χ3n) is 4.77. The average Bonchev–Trinajstić information content (AvgIpc) is 3.01. The molecule has 2 nitrogen and oxygen atoms in total. The zero-order chi connectivity index (χ0) is 15.6. The maximum Gasteiger partial charge on any atom is 0.122 e. The molecule has 1 heterocycles. The molecule has 2 aromatic carbocycles. The van der Waals surface area contributed by atoms with Crippen molar-refractivity contribution in [1.82, 2.24) is 0 Å². The minimum absolute atomic E-state index is 0.0569. The normalized spacial score (nSPS) is 16.0. The van der Waals surface area contributed by atoms with Crippen molar-refractivity contribution < 1.29 is 4.74 Å². The lowest BCUT2D eigenvalue weighted by Gasteiger charge is -2.22. The summed E-state index contributed by atoms with van der Waals surface area (Å²) in [5.41, 5.74) is 11.4. The topological polar surface area (TPSA) is 35.2 Å². The van der Waals surface area contributed by atoms with E-state index in [1.54, 1.807) is 0 Å². The molecule has 0 radical (unpaired) electrons. The SMILES string of the molecule is CCC(C)(N)CCc1ccc(-c2ccc3c(c2)CCO3)cc1. The molecule has 1 aliphatic rings. The number of fused-ring (bicyclic) bond motifs is 1. The van der Waals surface area contributed by atoms with Gasteiger partial charge in [-0.05, 0) is 60.6 Å². The third-order valence-corrected chi connectivity index (χ3v) is 4.77. The second-order valence-corrected chi connectivity index (χ2v) is 6.63. The Labute approximate surface area is 133 Å². The minimum Gasteiger partial charge on any atom is -0.493 e. The van der Waals surface area contributed by atoms with E-state index in [1.807, 2.05) is 0 Å². The number of benzene rings is 2. The van der Waals surface area contributed by atoms with Gasteiger partial charge in [-0.2, -0.15) is 0 Å². The summed E-state index contributed by atoms with van der Waals surface area (Å²) in [6.07, 6.45) is 4.10. The van der Waals surface area contributed by atoms with Crippen LogP contribution >= 0.6 is 0 Å². The van der Waals surface area contributed by atoms with Crippen LogP contribution in [0.3, 0.4) is 0 Å². The van der Waals surface area contributed by atoms with Crippen LogP contribution in [0.25, 0.3) is 11.1 Å². The van der Waals surface area contributed by atoms with E-state index in [4.69, 9.17) is 10.5 Å². The molecule has 1 unspecified atom stereocenters. The fourth-order valence-corrected chi connectivity index (χ4v) is 2.84. The fourth-order valence-electron chi connectivity index (χ4n) is 2.84. The smallest absolute Gasteiger partial charge is 0.122 e. The van der Waals surface area contributed by atoms with Gasteiger partial charge in [0.1, 0.15) is 5.75 Å². The summed E-state index contributed by atoms with van der Waals surface area (Å²) >= 11 is 0. The van der Waals surface area contributed by atoms with Crippen LogP contribution < -0.4 is 10.5 Å². The summed E-state index contributed by atoms with van der Waals surface area (Å²) in [7, 11) is 0. The van der Waals surface area contributed by atoms with Gasteiger partial charge in [-0.15, -0.1) is 0 Å². The van der Waals surface area contributed by atoms with Gasteiger partial charge in [0.15, 0.2) is 0 Å². The molecule has 1 atom stereocenters. The van der Waals surface area contributed by atoms with Crippen LogP contribution in [0, 0.1) is 0 Å². The standard InChI is InChI=1S/C20H25NO/c1-3-20(2,21)12-10-15-4-6-16(7-5-15)17-8-9-19-18(14-17)11-13-22-19/h4-9,14H,3,10-13,21H2,1-2H3. The molecule has 2 N–H and O–H groups in total. The Morgan fingerprint density at radius 2 is 1.82 bits per heavy atom. The monoisotopic (exact) mass is 295 g/mol. The molecule has 0 saturated heterocycles. The van der Waals surface area contributed by atoms with Crippen LogP contribution in [0.5, 0.6) is 5.75 Å². The predicted molar refractivity (Wildman–Crippen MR) is 92.3 cm³/mol. The molecule has 0 bridgehead atoms. The lowest BCUT2D eigenvalue weighted by atomic mass is 9.91. The molecule has 0 saturated carbocycles. The van der Waals surface area contributed by atoms with E-state index < -0.39 is 0 Å². The van der Waals surface area contributed by atoms with Gasteiger partial charge in [0.25, 0.3) is 0 Å². The highest BCUT2D eigenvalue weighted by Gasteiger charge is 2.15. The molecular weight excluding hydrogens is 270 g/mol. The van der Waals surface area contributed by atoms with E-state index in [-0.39, 0.29) is 5.54 Å². The Kier molecular flexibility index (Phi) is 4.21. The molecule has 22 heavy (non-hydrogen) atoms. The summed E-state index contributed by atoms with van der Waals surface area (Å²) in [5, 5.41) is 0. The first-order valence-electron chi connectivity index (χ1n) is 8.21. The molecule has 2 aromatic rings. The van der Waals surface area contributed by atoms with Crippen LogP contribution in [0.4, 0.5) is 0 Å². The molecule has 0 aliphatic carbocycles. The van der Waals surface area contributed by atoms with Gasteiger partial charge in [-0.3, -0.25) is 0 Å². The predicted octanol–water partition coefficient (Wildman–Crippen LogP) is 4.35. The number of aryl methyl sites for hydroxylation is 1. The summed E-state index contributed by atoms with van der Waals surface area (Å²) in [6.45, 7) is 5.10. The Bertz CT molecular complexity index is 643. The maximum absolute atomic E-state index is 6.22. The Morgan fingerprint density at radius 1 is 1.09 bits per heavy atom. The van der Waals surface area contributed by atoms with Crippen molar-refractivity contribution in [2.75, 3.05) is 6.61 Å². The molecule has 0 spiro atoms. The van der Waals surface area contributed by atoms with Crippen molar-refractivity contribution in [2.24, 2.45) is 5.73 Å². The Morgan fingerprint density at radius 3 is 2.55 bits per heavy atom. The summed E-state index contributed by atoms with van der Waals surface area (Å²) in [4.78, 5) is 0. The van der Waals surface area contributed by atoms with Gasteiger partial charge in [-0.1, -0.05) is 37.3 Å². The number of ether oxygens (including phenoxy) is 1. The van der Waals surface area contributed by atoms with Gasteiger partial charge in [0, 0.05) is 12.0 Å². The quantitative estimate of drug-likeness (QED) is 0.890. The molecule has 1 aliphatic heterocycles. The van der Waals surface area contributed by atoms with Crippen molar-refractivity contribution in [1.29, 1.82) is 0 Å². The van der Waals surface area contributed by atoms with Crippen LogP contribution in [0.15, 0.2) is 42.5 Å². The summed E-state index contributed by atoms with van der Waals surface area (Å²) in [5.74, 6) is 1.04. The zero-order valence-electron chi connectivity index (χ0n) is 13.6. The third kappa shape index (κ3) is 3.33. The summed E-state index contributed by atoms with van der Waals surface area (Å²) in [6, 6.07) is 15.4. The van der Waals surface area contributed by atoms with E-state index in [2.05, 4.69) is 56.3 Å². The minimum atomic E-state index is -0.0569. The lowest BCUT2D eigenvalue weighted by Crippen LogP contribution is -2.35. The Balaban J connectivity index is 1.71. The summed E-state index contributed by atoms with van der Waals surface area (Å²) < 4.78 is 5.57. The number of hydrogen-bond acceptors (Lipinski definition) is 2. The van der Waals surface area contributed by atoms with Gasteiger partial charge < -0.3 is 10.5 Å². The van der Waals surface area contributed by atoms with Crippen molar-refractivity contribution >= 4 is 0 Å². The van der Waals surface area contributed by atoms with E-state index in [0.29, 0.717) is 0 Å². The maximum atomic E-state index is 6.22. The molecule has 116 valence electrons. The number of hydrogen-bond donors (Lipinski definition) is 1. The highest BCUT2D eigenvalue weighted by atomic mass is 16.5. The first-order valence-corrected chi connectivity index (χ1v) is 8.21. The van der Waals surface area contributed by atoms with Crippen LogP contribution in [0.1, 0.15) is 37.8 Å². The highest BCUT2D eigenvalue weighted by molar-refractivity contribution is 5.66. The van der Waals surface area contributed by atoms with E-state index in [1.165, 1.54) is 22.3 Å². The number of nitrogens with two attached hydrogens (primary N) is 1. The van der Waals surface area contributed by atoms with Gasteiger partial charge in [0.2, 0.25) is 0 Å². The molecule has 0 aromatic heterocycles. The largest absolute Gasteiger partial charge is 0.493 e. The van der Waals surface area contributed by atoms with Crippen molar-refractivity contribution in [3.63, 3.8) is 0 Å². The van der Waals surface area contributed by atoms with E-state index >= 15 is 0 Å². The van der Waals surface area contributed by atoms with Crippen molar-refractivity contribution in [3.05, 3.63) is 53.6 Å². The van der Waals surface area contributed by atoms with Gasteiger partial charge >= 0.3 is 0 Å². The lowest BCUT2D eigenvalue weighted by molar-refractivity contribution is 0.357. The second-order valence-electron chi connectivity index (χ2n) is 6.63. The van der Waals surface area contributed by atoms with Crippen LogP contribution in [0.2, 0.25) is 0 Å².